The highest BCUT2D eigenvalue weighted by molar-refractivity contribution is 7.15. The standard InChI is InChI=1S/C14H18ClN3OS/c1-3-14(2,19)9-16-13-18-17-12(20-13)8-10-4-6-11(15)7-5-10/h4-7,19H,3,8-9H2,1-2H3,(H,16,18). The van der Waals surface area contributed by atoms with Gasteiger partial charge >= 0.3 is 0 Å². The molecule has 0 saturated carbocycles. The second kappa shape index (κ2) is 6.52. The van der Waals surface area contributed by atoms with Gasteiger partial charge in [0.05, 0.1) is 5.60 Å². The second-order valence-corrected chi connectivity index (χ2v) is 6.51. The van der Waals surface area contributed by atoms with Crippen molar-refractivity contribution in [2.24, 2.45) is 0 Å². The van der Waals surface area contributed by atoms with E-state index >= 15 is 0 Å². The van der Waals surface area contributed by atoms with E-state index in [-0.39, 0.29) is 0 Å². The van der Waals surface area contributed by atoms with Crippen molar-refractivity contribution in [3.63, 3.8) is 0 Å². The van der Waals surface area contributed by atoms with E-state index in [2.05, 4.69) is 15.5 Å². The Morgan fingerprint density at radius 3 is 2.65 bits per heavy atom. The summed E-state index contributed by atoms with van der Waals surface area (Å²) in [6.07, 6.45) is 1.43. The van der Waals surface area contributed by atoms with Crippen molar-refractivity contribution in [3.8, 4) is 0 Å². The molecule has 2 aromatic rings. The summed E-state index contributed by atoms with van der Waals surface area (Å²) in [6.45, 7) is 4.22. The molecular formula is C14H18ClN3OS. The fourth-order valence-electron chi connectivity index (χ4n) is 1.56. The number of benzene rings is 1. The topological polar surface area (TPSA) is 58.0 Å². The van der Waals surface area contributed by atoms with Gasteiger partial charge in [-0.3, -0.25) is 0 Å². The van der Waals surface area contributed by atoms with E-state index in [0.717, 1.165) is 27.1 Å². The van der Waals surface area contributed by atoms with Gasteiger partial charge in [0.1, 0.15) is 5.01 Å². The minimum Gasteiger partial charge on any atom is -0.388 e. The Morgan fingerprint density at radius 2 is 2.00 bits per heavy atom. The number of rotatable bonds is 6. The van der Waals surface area contributed by atoms with Crippen LogP contribution in [0.4, 0.5) is 5.13 Å². The minimum absolute atomic E-state index is 0.471. The smallest absolute Gasteiger partial charge is 0.205 e. The predicted molar refractivity (Wildman–Crippen MR) is 83.6 cm³/mol. The van der Waals surface area contributed by atoms with Crippen molar-refractivity contribution in [1.82, 2.24) is 10.2 Å². The molecule has 1 atom stereocenters. The van der Waals surface area contributed by atoms with Gasteiger partial charge in [0.25, 0.3) is 0 Å². The van der Waals surface area contributed by atoms with Crippen LogP contribution in [0.25, 0.3) is 0 Å². The summed E-state index contributed by atoms with van der Waals surface area (Å²) in [6, 6.07) is 7.71. The molecule has 0 spiro atoms. The highest BCUT2D eigenvalue weighted by Gasteiger charge is 2.17. The van der Waals surface area contributed by atoms with E-state index < -0.39 is 5.60 Å². The zero-order valence-corrected chi connectivity index (χ0v) is 13.1. The van der Waals surface area contributed by atoms with Crippen LogP contribution >= 0.6 is 22.9 Å². The molecule has 4 nitrogen and oxygen atoms in total. The van der Waals surface area contributed by atoms with Crippen molar-refractivity contribution in [1.29, 1.82) is 0 Å². The van der Waals surface area contributed by atoms with Crippen molar-refractivity contribution in [2.45, 2.75) is 32.3 Å². The maximum atomic E-state index is 9.93. The number of nitrogens with one attached hydrogen (secondary N) is 1. The lowest BCUT2D eigenvalue weighted by atomic mass is 10.0. The Morgan fingerprint density at radius 1 is 1.30 bits per heavy atom. The van der Waals surface area contributed by atoms with Gasteiger partial charge in [0.2, 0.25) is 5.13 Å². The maximum absolute atomic E-state index is 9.93. The maximum Gasteiger partial charge on any atom is 0.205 e. The molecule has 0 saturated heterocycles. The molecule has 2 N–H and O–H groups in total. The highest BCUT2D eigenvalue weighted by atomic mass is 35.5. The first-order valence-electron chi connectivity index (χ1n) is 6.51. The molecule has 0 aliphatic heterocycles. The van der Waals surface area contributed by atoms with Crippen LogP contribution in [0.1, 0.15) is 30.8 Å². The molecule has 0 amide bonds. The summed E-state index contributed by atoms with van der Waals surface area (Å²) in [5, 5.41) is 23.7. The molecule has 0 aliphatic carbocycles. The fourth-order valence-corrected chi connectivity index (χ4v) is 2.46. The lowest BCUT2D eigenvalue weighted by Gasteiger charge is -2.20. The fraction of sp³-hybridized carbons (Fsp3) is 0.429. The Kier molecular flexibility index (Phi) is 4.96. The highest BCUT2D eigenvalue weighted by Crippen LogP contribution is 2.20. The van der Waals surface area contributed by atoms with Gasteiger partial charge in [-0.2, -0.15) is 0 Å². The molecule has 1 aromatic carbocycles. The lowest BCUT2D eigenvalue weighted by molar-refractivity contribution is 0.0697. The van der Waals surface area contributed by atoms with Crippen molar-refractivity contribution < 1.29 is 5.11 Å². The van der Waals surface area contributed by atoms with E-state index in [9.17, 15) is 5.11 Å². The van der Waals surface area contributed by atoms with Crippen LogP contribution in [0.5, 0.6) is 0 Å². The summed E-state index contributed by atoms with van der Waals surface area (Å²) in [5.74, 6) is 0. The number of anilines is 1. The first-order valence-corrected chi connectivity index (χ1v) is 7.71. The van der Waals surface area contributed by atoms with Crippen molar-refractivity contribution in [2.75, 3.05) is 11.9 Å². The quantitative estimate of drug-likeness (QED) is 0.859. The normalized spacial score (nSPS) is 14.0. The van der Waals surface area contributed by atoms with Crippen molar-refractivity contribution >= 4 is 28.1 Å². The van der Waals surface area contributed by atoms with E-state index in [0.29, 0.717) is 13.0 Å². The van der Waals surface area contributed by atoms with Crippen LogP contribution in [0, 0.1) is 0 Å². The van der Waals surface area contributed by atoms with Crippen LogP contribution < -0.4 is 5.32 Å². The number of nitrogens with zero attached hydrogens (tertiary/aromatic N) is 2. The third-order valence-corrected chi connectivity index (χ3v) is 4.25. The minimum atomic E-state index is -0.720. The molecule has 2 rings (SSSR count). The summed E-state index contributed by atoms with van der Waals surface area (Å²) < 4.78 is 0. The monoisotopic (exact) mass is 311 g/mol. The van der Waals surface area contributed by atoms with Gasteiger partial charge in [-0.05, 0) is 31.0 Å². The molecular weight excluding hydrogens is 294 g/mol. The zero-order chi connectivity index (χ0) is 14.6. The number of halogens is 1. The van der Waals surface area contributed by atoms with Gasteiger partial charge in [0, 0.05) is 18.0 Å². The average Bonchev–Trinajstić information content (AvgIpc) is 2.87. The molecule has 0 radical (unpaired) electrons. The molecule has 20 heavy (non-hydrogen) atoms. The van der Waals surface area contributed by atoms with Gasteiger partial charge in [-0.15, -0.1) is 10.2 Å². The van der Waals surface area contributed by atoms with Crippen LogP contribution in [0.3, 0.4) is 0 Å². The van der Waals surface area contributed by atoms with E-state index in [4.69, 9.17) is 11.6 Å². The lowest BCUT2D eigenvalue weighted by Crippen LogP contribution is -2.32. The van der Waals surface area contributed by atoms with E-state index in [1.165, 1.54) is 11.3 Å². The van der Waals surface area contributed by atoms with Crippen LogP contribution in [-0.4, -0.2) is 27.4 Å². The summed E-state index contributed by atoms with van der Waals surface area (Å²) >= 11 is 7.36. The number of hydrogen-bond acceptors (Lipinski definition) is 5. The predicted octanol–water partition coefficient (Wildman–Crippen LogP) is 3.36. The Balaban J connectivity index is 1.93. The molecule has 1 unspecified atom stereocenters. The van der Waals surface area contributed by atoms with Gasteiger partial charge in [-0.1, -0.05) is 42.0 Å². The first kappa shape index (κ1) is 15.2. The van der Waals surface area contributed by atoms with Crippen LogP contribution in [0.15, 0.2) is 24.3 Å². The number of aliphatic hydroxyl groups is 1. The molecule has 1 heterocycles. The van der Waals surface area contributed by atoms with Gasteiger partial charge in [0.15, 0.2) is 0 Å². The third kappa shape index (κ3) is 4.44. The Bertz CT molecular complexity index is 554. The molecule has 0 aliphatic rings. The Hall–Kier alpha value is -1.17. The molecule has 108 valence electrons. The largest absolute Gasteiger partial charge is 0.388 e. The molecule has 0 bridgehead atoms. The molecule has 1 aromatic heterocycles. The van der Waals surface area contributed by atoms with E-state index in [1.54, 1.807) is 6.92 Å². The zero-order valence-electron chi connectivity index (χ0n) is 11.6. The first-order chi connectivity index (χ1) is 9.48. The molecule has 0 fully saturated rings. The SMILES string of the molecule is CCC(C)(O)CNc1nnc(Cc2ccc(Cl)cc2)s1. The third-order valence-electron chi connectivity index (χ3n) is 3.12. The number of aromatic nitrogens is 2. The van der Waals surface area contributed by atoms with Gasteiger partial charge < -0.3 is 10.4 Å². The number of hydrogen-bond donors (Lipinski definition) is 2. The van der Waals surface area contributed by atoms with E-state index in [1.807, 2.05) is 31.2 Å². The van der Waals surface area contributed by atoms with Crippen molar-refractivity contribution in [3.05, 3.63) is 39.9 Å². The molecule has 6 heteroatoms. The Labute approximate surface area is 127 Å². The second-order valence-electron chi connectivity index (χ2n) is 5.01. The van der Waals surface area contributed by atoms with Crippen LogP contribution in [0.2, 0.25) is 5.02 Å². The summed E-state index contributed by atoms with van der Waals surface area (Å²) in [5.41, 5.74) is 0.430. The van der Waals surface area contributed by atoms with Crippen LogP contribution in [-0.2, 0) is 6.42 Å². The summed E-state index contributed by atoms with van der Waals surface area (Å²) in [7, 11) is 0. The van der Waals surface area contributed by atoms with Gasteiger partial charge in [-0.25, -0.2) is 0 Å². The average molecular weight is 312 g/mol. The summed E-state index contributed by atoms with van der Waals surface area (Å²) in [4.78, 5) is 0.